The van der Waals surface area contributed by atoms with E-state index in [1.165, 1.54) is 22.9 Å². The Kier molecular flexibility index (Phi) is 6.89. The van der Waals surface area contributed by atoms with E-state index in [1.807, 2.05) is 0 Å². The van der Waals surface area contributed by atoms with E-state index >= 15 is 0 Å². The molecule has 0 unspecified atom stereocenters. The van der Waals surface area contributed by atoms with E-state index in [0.29, 0.717) is 24.0 Å². The number of benzene rings is 2. The van der Waals surface area contributed by atoms with Gasteiger partial charge < -0.3 is 10.0 Å². The second-order valence-corrected chi connectivity index (χ2v) is 9.55. The Morgan fingerprint density at radius 2 is 1.84 bits per heavy atom. The molecule has 1 aliphatic heterocycles. The fourth-order valence-corrected chi connectivity index (χ4v) is 4.55. The van der Waals surface area contributed by atoms with Crippen molar-refractivity contribution in [2.45, 2.75) is 51.5 Å². The number of carboxylic acid groups (broad SMARTS) is 1. The number of anilines is 1. The third kappa shape index (κ3) is 5.01. The lowest BCUT2D eigenvalue weighted by molar-refractivity contribution is 0.0694. The Morgan fingerprint density at radius 1 is 1.12 bits per heavy atom. The molecule has 0 saturated carbocycles. The molecule has 2 aromatic carbocycles. The van der Waals surface area contributed by atoms with Crippen LogP contribution in [0.15, 0.2) is 59.2 Å². The van der Waals surface area contributed by atoms with Gasteiger partial charge in [0.05, 0.1) is 17.3 Å². The van der Waals surface area contributed by atoms with Gasteiger partial charge in [0.1, 0.15) is 0 Å². The van der Waals surface area contributed by atoms with E-state index in [4.69, 9.17) is 4.98 Å². The SMILES string of the molecule is CC(C)c1ccc(CCc2nc(N3CCC[C@H]3c3ccc(Br)cc3)ncc2C(=O)O)cc1. The molecule has 166 valence electrons. The first-order chi connectivity index (χ1) is 15.4. The topological polar surface area (TPSA) is 66.3 Å². The zero-order valence-corrected chi connectivity index (χ0v) is 20.0. The number of aromatic carboxylic acids is 1. The normalized spacial score (nSPS) is 16.0. The third-order valence-corrected chi connectivity index (χ3v) is 6.68. The predicted molar refractivity (Wildman–Crippen MR) is 130 cm³/mol. The zero-order valence-electron chi connectivity index (χ0n) is 18.5. The molecular weight excluding hydrogens is 466 g/mol. The molecule has 3 aromatic rings. The minimum Gasteiger partial charge on any atom is -0.478 e. The van der Waals surface area contributed by atoms with Crippen molar-refractivity contribution >= 4 is 27.8 Å². The van der Waals surface area contributed by atoms with Crippen LogP contribution < -0.4 is 4.90 Å². The molecule has 0 amide bonds. The molecule has 0 bridgehead atoms. The second kappa shape index (κ2) is 9.82. The number of carboxylic acids is 1. The van der Waals surface area contributed by atoms with Crippen LogP contribution in [0.2, 0.25) is 0 Å². The first-order valence-electron chi connectivity index (χ1n) is 11.1. The highest BCUT2D eigenvalue weighted by Gasteiger charge is 2.29. The van der Waals surface area contributed by atoms with E-state index in [-0.39, 0.29) is 11.6 Å². The summed E-state index contributed by atoms with van der Waals surface area (Å²) in [4.78, 5) is 23.2. The molecule has 1 atom stereocenters. The summed E-state index contributed by atoms with van der Waals surface area (Å²) in [6, 6.07) is 17.1. The van der Waals surface area contributed by atoms with Gasteiger partial charge in [0.15, 0.2) is 0 Å². The summed E-state index contributed by atoms with van der Waals surface area (Å²) in [5.41, 5.74) is 4.49. The maximum Gasteiger partial charge on any atom is 0.339 e. The van der Waals surface area contributed by atoms with Crippen molar-refractivity contribution in [1.29, 1.82) is 0 Å². The Labute approximate surface area is 197 Å². The lowest BCUT2D eigenvalue weighted by Gasteiger charge is -2.25. The molecule has 0 spiro atoms. The molecule has 1 aliphatic rings. The number of halogens is 1. The van der Waals surface area contributed by atoms with Gasteiger partial charge in [-0.2, -0.15) is 0 Å². The van der Waals surface area contributed by atoms with Crippen molar-refractivity contribution < 1.29 is 9.90 Å². The van der Waals surface area contributed by atoms with Gasteiger partial charge in [-0.15, -0.1) is 0 Å². The van der Waals surface area contributed by atoms with Crippen molar-refractivity contribution in [2.75, 3.05) is 11.4 Å². The van der Waals surface area contributed by atoms with Gasteiger partial charge in [-0.05, 0) is 60.4 Å². The second-order valence-electron chi connectivity index (χ2n) is 8.63. The van der Waals surface area contributed by atoms with Crippen LogP contribution in [0.3, 0.4) is 0 Å². The molecule has 1 saturated heterocycles. The maximum atomic E-state index is 11.8. The van der Waals surface area contributed by atoms with Crippen molar-refractivity contribution in [3.63, 3.8) is 0 Å². The van der Waals surface area contributed by atoms with Crippen LogP contribution in [0.5, 0.6) is 0 Å². The molecule has 2 heterocycles. The Morgan fingerprint density at radius 3 is 2.50 bits per heavy atom. The van der Waals surface area contributed by atoms with Gasteiger partial charge >= 0.3 is 5.97 Å². The predicted octanol–water partition coefficient (Wildman–Crippen LogP) is 6.19. The lowest BCUT2D eigenvalue weighted by Crippen LogP contribution is -2.25. The highest BCUT2D eigenvalue weighted by molar-refractivity contribution is 9.10. The summed E-state index contributed by atoms with van der Waals surface area (Å²) in [7, 11) is 0. The highest BCUT2D eigenvalue weighted by Crippen LogP contribution is 2.35. The molecule has 0 aliphatic carbocycles. The Hall–Kier alpha value is -2.73. The Bertz CT molecular complexity index is 1080. The summed E-state index contributed by atoms with van der Waals surface area (Å²) in [5, 5.41) is 9.67. The molecule has 1 aromatic heterocycles. The summed E-state index contributed by atoms with van der Waals surface area (Å²) in [6.07, 6.45) is 4.87. The van der Waals surface area contributed by atoms with Crippen molar-refractivity contribution in [3.8, 4) is 0 Å². The van der Waals surface area contributed by atoms with Crippen LogP contribution in [0.25, 0.3) is 0 Å². The number of aromatic nitrogens is 2. The van der Waals surface area contributed by atoms with Crippen molar-refractivity contribution in [3.05, 3.63) is 87.1 Å². The first kappa shape index (κ1) is 22.5. The van der Waals surface area contributed by atoms with Crippen molar-refractivity contribution in [1.82, 2.24) is 9.97 Å². The molecule has 5 nitrogen and oxygen atoms in total. The molecule has 32 heavy (non-hydrogen) atoms. The van der Waals surface area contributed by atoms with Gasteiger partial charge in [-0.3, -0.25) is 0 Å². The van der Waals surface area contributed by atoms with E-state index in [9.17, 15) is 9.90 Å². The van der Waals surface area contributed by atoms with E-state index < -0.39 is 5.97 Å². The standard InChI is InChI=1S/C26H28BrN3O2/c1-17(2)19-8-5-18(6-9-19)7-14-23-22(25(31)32)16-28-26(29-23)30-15-3-4-24(30)20-10-12-21(27)13-11-20/h5-6,8-13,16-17,24H,3-4,7,14-15H2,1-2H3,(H,31,32)/t24-/m0/s1. The number of aryl methyl sites for hydroxylation is 2. The summed E-state index contributed by atoms with van der Waals surface area (Å²) in [5.74, 6) is 0.129. The van der Waals surface area contributed by atoms with Gasteiger partial charge in [0, 0.05) is 17.2 Å². The molecular formula is C26H28BrN3O2. The molecule has 1 fully saturated rings. The average molecular weight is 494 g/mol. The van der Waals surface area contributed by atoms with Gasteiger partial charge in [-0.1, -0.05) is 66.2 Å². The average Bonchev–Trinajstić information content (AvgIpc) is 3.28. The summed E-state index contributed by atoms with van der Waals surface area (Å²) in [6.45, 7) is 5.22. The minimum absolute atomic E-state index is 0.187. The zero-order chi connectivity index (χ0) is 22.7. The first-order valence-corrected chi connectivity index (χ1v) is 11.9. The van der Waals surface area contributed by atoms with Gasteiger partial charge in [0.25, 0.3) is 0 Å². The van der Waals surface area contributed by atoms with Crippen molar-refractivity contribution in [2.24, 2.45) is 0 Å². The quantitative estimate of drug-likeness (QED) is 0.425. The largest absolute Gasteiger partial charge is 0.478 e. The molecule has 0 radical (unpaired) electrons. The van der Waals surface area contributed by atoms with Gasteiger partial charge in [-0.25, -0.2) is 14.8 Å². The smallest absolute Gasteiger partial charge is 0.339 e. The van der Waals surface area contributed by atoms with Crippen LogP contribution in [-0.2, 0) is 12.8 Å². The van der Waals surface area contributed by atoms with Gasteiger partial charge in [0.2, 0.25) is 5.95 Å². The number of hydrogen-bond donors (Lipinski definition) is 1. The lowest BCUT2D eigenvalue weighted by atomic mass is 9.99. The molecule has 6 heteroatoms. The van der Waals surface area contributed by atoms with Crippen LogP contribution in [-0.4, -0.2) is 27.6 Å². The van der Waals surface area contributed by atoms with Crippen LogP contribution in [0.1, 0.15) is 71.4 Å². The summed E-state index contributed by atoms with van der Waals surface area (Å²) >= 11 is 3.50. The van der Waals surface area contributed by atoms with E-state index in [0.717, 1.165) is 30.3 Å². The number of hydrogen-bond acceptors (Lipinski definition) is 4. The number of nitrogens with zero attached hydrogens (tertiary/aromatic N) is 3. The molecule has 1 N–H and O–H groups in total. The third-order valence-electron chi connectivity index (χ3n) is 6.15. The minimum atomic E-state index is -0.979. The number of rotatable bonds is 7. The summed E-state index contributed by atoms with van der Waals surface area (Å²) < 4.78 is 1.05. The Balaban J connectivity index is 1.57. The van der Waals surface area contributed by atoms with E-state index in [2.05, 4.69) is 88.2 Å². The van der Waals surface area contributed by atoms with Crippen LogP contribution in [0.4, 0.5) is 5.95 Å². The monoisotopic (exact) mass is 493 g/mol. The maximum absolute atomic E-state index is 11.8. The van der Waals surface area contributed by atoms with E-state index in [1.54, 1.807) is 0 Å². The van der Waals surface area contributed by atoms with Crippen LogP contribution >= 0.6 is 15.9 Å². The fraction of sp³-hybridized carbons (Fsp3) is 0.346. The van der Waals surface area contributed by atoms with Crippen LogP contribution in [0, 0.1) is 0 Å². The fourth-order valence-electron chi connectivity index (χ4n) is 4.28. The highest BCUT2D eigenvalue weighted by atomic mass is 79.9. The number of carbonyl (C=O) groups is 1. The molecule has 4 rings (SSSR count).